The van der Waals surface area contributed by atoms with E-state index in [-0.39, 0.29) is 0 Å². The van der Waals surface area contributed by atoms with Gasteiger partial charge in [0, 0.05) is 0 Å². The standard InChI is InChI=1S/C11H16.C10H16.C5H12.C4H10/c1-2-8-6-10-4-3-9-5-7(1)11(8,9)10;1-7-2-9-4-8(1)5-10(3-7)6-9;1-5(2,3)4;1-4(2)3/h7-10H,1-6H2;7-10H,1-6H2;1-4H3;4H,1-3H3/t7-,8?,9?,10-,11?;;;/m0.../s1. The fourth-order valence-corrected chi connectivity index (χ4v) is 9.44. The SMILES string of the molecule is C1C2CC3CC1CC(C2)C3.C1C[C@H]2CC3CC[C@H]4CC1C342.CC(C)(C)C.CC(C)C. The molecule has 8 saturated carbocycles. The predicted octanol–water partition coefficient (Wildman–Crippen LogP) is 9.38. The van der Waals surface area contributed by atoms with Gasteiger partial charge in [-0.3, -0.25) is 0 Å². The van der Waals surface area contributed by atoms with E-state index in [1.54, 1.807) is 77.0 Å². The molecule has 0 N–H and O–H groups in total. The Morgan fingerprint density at radius 3 is 0.900 bits per heavy atom. The van der Waals surface area contributed by atoms with Crippen LogP contribution in [-0.4, -0.2) is 0 Å². The van der Waals surface area contributed by atoms with Gasteiger partial charge in [-0.25, -0.2) is 0 Å². The maximum absolute atomic E-state index is 2.19. The fourth-order valence-electron chi connectivity index (χ4n) is 9.44. The van der Waals surface area contributed by atoms with Gasteiger partial charge in [-0.1, -0.05) is 48.5 Å². The number of hydrogen-bond acceptors (Lipinski definition) is 0. The molecule has 0 nitrogen and oxygen atoms in total. The van der Waals surface area contributed by atoms with Crippen LogP contribution in [0.3, 0.4) is 0 Å². The van der Waals surface area contributed by atoms with Crippen molar-refractivity contribution in [3.8, 4) is 0 Å². The first-order valence-corrected chi connectivity index (χ1v) is 14.1. The van der Waals surface area contributed by atoms with Gasteiger partial charge in [0.05, 0.1) is 0 Å². The van der Waals surface area contributed by atoms with Crippen LogP contribution in [0.25, 0.3) is 0 Å². The summed E-state index contributed by atoms with van der Waals surface area (Å²) >= 11 is 0. The third kappa shape index (κ3) is 4.69. The minimum Gasteiger partial charge on any atom is -0.0630 e. The van der Waals surface area contributed by atoms with Crippen molar-refractivity contribution in [3.05, 3.63) is 0 Å². The molecule has 0 aromatic carbocycles. The first kappa shape index (κ1) is 23.2. The highest BCUT2D eigenvalue weighted by atomic mass is 14.8. The van der Waals surface area contributed by atoms with E-state index < -0.39 is 0 Å². The summed E-state index contributed by atoms with van der Waals surface area (Å²) in [5.41, 5.74) is 1.50. The van der Waals surface area contributed by atoms with Gasteiger partial charge in [0.25, 0.3) is 0 Å². The van der Waals surface area contributed by atoms with E-state index in [9.17, 15) is 0 Å². The second-order valence-electron chi connectivity index (χ2n) is 15.0. The second kappa shape index (κ2) is 8.74. The molecule has 0 radical (unpaired) electrons. The van der Waals surface area contributed by atoms with Crippen molar-refractivity contribution >= 4 is 0 Å². The Morgan fingerprint density at radius 1 is 0.500 bits per heavy atom. The molecule has 0 aromatic heterocycles. The van der Waals surface area contributed by atoms with Crippen LogP contribution in [0.2, 0.25) is 0 Å². The van der Waals surface area contributed by atoms with Gasteiger partial charge >= 0.3 is 0 Å². The first-order chi connectivity index (χ1) is 14.1. The van der Waals surface area contributed by atoms with Crippen LogP contribution in [0.4, 0.5) is 0 Å². The first-order valence-electron chi connectivity index (χ1n) is 14.1. The van der Waals surface area contributed by atoms with Gasteiger partial charge in [-0.05, 0) is 141 Å². The molecule has 0 aromatic rings. The lowest BCUT2D eigenvalue weighted by molar-refractivity contribution is -0.145. The van der Waals surface area contributed by atoms with Gasteiger partial charge in [0.1, 0.15) is 0 Å². The van der Waals surface area contributed by atoms with E-state index in [1.165, 1.54) is 47.3 Å². The van der Waals surface area contributed by atoms with E-state index in [0.717, 1.165) is 11.3 Å². The molecular formula is C30H54. The van der Waals surface area contributed by atoms with Gasteiger partial charge in [-0.15, -0.1) is 0 Å². The lowest BCUT2D eigenvalue weighted by atomic mass is 9.42. The Kier molecular flexibility index (Phi) is 6.75. The minimum atomic E-state index is 0.500. The highest BCUT2D eigenvalue weighted by Gasteiger charge is 2.72. The quantitative estimate of drug-likeness (QED) is 0.370. The Bertz CT molecular complexity index is 450. The summed E-state index contributed by atoms with van der Waals surface area (Å²) in [5.74, 6) is 10.4. The molecule has 8 aliphatic carbocycles. The van der Waals surface area contributed by atoms with Gasteiger partial charge in [0.2, 0.25) is 0 Å². The van der Waals surface area contributed by atoms with Crippen molar-refractivity contribution in [2.75, 3.05) is 0 Å². The van der Waals surface area contributed by atoms with E-state index in [0.29, 0.717) is 5.41 Å². The maximum atomic E-state index is 2.19. The lowest BCUT2D eigenvalue weighted by Gasteiger charge is -2.62. The van der Waals surface area contributed by atoms with E-state index >= 15 is 0 Å². The largest absolute Gasteiger partial charge is 0.0630 e. The van der Waals surface area contributed by atoms with Crippen molar-refractivity contribution < 1.29 is 0 Å². The molecule has 0 heteroatoms. The van der Waals surface area contributed by atoms with Crippen molar-refractivity contribution in [3.63, 3.8) is 0 Å². The number of rotatable bonds is 0. The van der Waals surface area contributed by atoms with Crippen molar-refractivity contribution in [2.45, 2.75) is 126 Å². The fraction of sp³-hybridized carbons (Fsp3) is 1.00. The minimum absolute atomic E-state index is 0.500. The summed E-state index contributed by atoms with van der Waals surface area (Å²) in [6.45, 7) is 15.2. The molecule has 4 bridgehead atoms. The molecule has 0 heterocycles. The van der Waals surface area contributed by atoms with Crippen molar-refractivity contribution in [1.29, 1.82) is 0 Å². The second-order valence-corrected chi connectivity index (χ2v) is 15.0. The maximum Gasteiger partial charge on any atom is -0.0184 e. The van der Waals surface area contributed by atoms with Crippen LogP contribution in [0.1, 0.15) is 126 Å². The van der Waals surface area contributed by atoms with Gasteiger partial charge < -0.3 is 0 Å². The zero-order valence-electron chi connectivity index (χ0n) is 21.7. The molecule has 4 atom stereocenters. The third-order valence-electron chi connectivity index (χ3n) is 9.69. The summed E-state index contributed by atoms with van der Waals surface area (Å²) in [6, 6.07) is 0. The van der Waals surface area contributed by atoms with Crippen LogP contribution in [-0.2, 0) is 0 Å². The smallest absolute Gasteiger partial charge is 0.0184 e. The summed E-state index contributed by atoms with van der Waals surface area (Å²) in [5, 5.41) is 0. The average molecular weight is 415 g/mol. The summed E-state index contributed by atoms with van der Waals surface area (Å²) in [4.78, 5) is 0. The Labute approximate surface area is 189 Å². The monoisotopic (exact) mass is 414 g/mol. The molecule has 174 valence electrons. The molecule has 1 spiro atoms. The van der Waals surface area contributed by atoms with Crippen LogP contribution in [0.15, 0.2) is 0 Å². The molecule has 8 rings (SSSR count). The highest BCUT2D eigenvalue weighted by Crippen LogP contribution is 2.80. The summed E-state index contributed by atoms with van der Waals surface area (Å²) < 4.78 is 0. The van der Waals surface area contributed by atoms with E-state index in [2.05, 4.69) is 48.5 Å². The molecule has 0 aliphatic heterocycles. The summed E-state index contributed by atoms with van der Waals surface area (Å²) in [6.07, 6.45) is 19.3. The third-order valence-corrected chi connectivity index (χ3v) is 9.69. The molecule has 30 heavy (non-hydrogen) atoms. The van der Waals surface area contributed by atoms with Gasteiger partial charge in [-0.2, -0.15) is 0 Å². The highest BCUT2D eigenvalue weighted by molar-refractivity contribution is 5.21. The molecule has 2 unspecified atom stereocenters. The van der Waals surface area contributed by atoms with Crippen LogP contribution < -0.4 is 0 Å². The van der Waals surface area contributed by atoms with Crippen LogP contribution >= 0.6 is 0 Å². The van der Waals surface area contributed by atoms with Crippen LogP contribution in [0, 0.1) is 64.1 Å². The zero-order valence-corrected chi connectivity index (χ0v) is 21.7. The van der Waals surface area contributed by atoms with Crippen molar-refractivity contribution in [1.82, 2.24) is 0 Å². The van der Waals surface area contributed by atoms with E-state index in [4.69, 9.17) is 0 Å². The Morgan fingerprint density at radius 2 is 0.700 bits per heavy atom. The normalized spacial score (nSPS) is 48.0. The van der Waals surface area contributed by atoms with Gasteiger partial charge in [0.15, 0.2) is 0 Å². The average Bonchev–Trinajstić information content (AvgIpc) is 2.91. The summed E-state index contributed by atoms with van der Waals surface area (Å²) in [7, 11) is 0. The lowest BCUT2D eigenvalue weighted by Crippen LogP contribution is -2.56. The molecular weight excluding hydrogens is 360 g/mol. The van der Waals surface area contributed by atoms with E-state index in [1.807, 2.05) is 0 Å². The molecule has 8 aliphatic rings. The number of hydrogen-bond donors (Lipinski definition) is 0. The topological polar surface area (TPSA) is 0 Å². The molecule has 0 saturated heterocycles. The zero-order chi connectivity index (χ0) is 21.7. The molecule has 0 amide bonds. The predicted molar refractivity (Wildman–Crippen MR) is 131 cm³/mol. The van der Waals surface area contributed by atoms with Crippen molar-refractivity contribution in [2.24, 2.45) is 64.1 Å². The van der Waals surface area contributed by atoms with Crippen LogP contribution in [0.5, 0.6) is 0 Å². The molecule has 8 fully saturated rings. The Balaban J connectivity index is 0.000000106. The Hall–Kier alpha value is 0.